The van der Waals surface area contributed by atoms with E-state index in [2.05, 4.69) is 5.32 Å². The first-order valence-corrected chi connectivity index (χ1v) is 15.1. The molecule has 0 spiro atoms. The summed E-state index contributed by atoms with van der Waals surface area (Å²) >= 11 is 0. The van der Waals surface area contributed by atoms with Crippen molar-refractivity contribution in [2.24, 2.45) is 0 Å². The van der Waals surface area contributed by atoms with Crippen molar-refractivity contribution in [1.82, 2.24) is 10.2 Å². The zero-order valence-corrected chi connectivity index (χ0v) is 26.5. The van der Waals surface area contributed by atoms with E-state index >= 15 is 0 Å². The molecule has 0 saturated carbocycles. The lowest BCUT2D eigenvalue weighted by Gasteiger charge is -2.46. The molecule has 2 saturated heterocycles. The minimum atomic E-state index is -1.74. The van der Waals surface area contributed by atoms with Gasteiger partial charge in [-0.25, -0.2) is 9.69 Å². The van der Waals surface area contributed by atoms with E-state index in [1.807, 2.05) is 48.5 Å². The van der Waals surface area contributed by atoms with E-state index in [0.29, 0.717) is 4.90 Å². The van der Waals surface area contributed by atoms with E-state index in [9.17, 15) is 33.6 Å². The third-order valence-corrected chi connectivity index (χ3v) is 8.04. The second-order valence-electron chi connectivity index (χ2n) is 11.4. The molecule has 2 aliphatic heterocycles. The Morgan fingerprint density at radius 2 is 1.27 bits per heavy atom. The first-order valence-electron chi connectivity index (χ1n) is 15.1. The SMILES string of the molecule is CC(=O)OC[C@H]1O[C@H](N2C(=O)C[C@H](NC(=O)OCC3c4ccccc4-c4ccccc43)C2=O)[C@H](OC(C)=O)[C@@H](OC(C)=O)[C@@H]1OC(C)=O. The van der Waals surface area contributed by atoms with E-state index in [4.69, 9.17) is 28.4 Å². The Hall–Kier alpha value is -5.31. The maximum absolute atomic E-state index is 13.7. The van der Waals surface area contributed by atoms with Crippen molar-refractivity contribution in [2.45, 2.75) is 76.7 Å². The van der Waals surface area contributed by atoms with Crippen LogP contribution in [0.5, 0.6) is 0 Å². The number of benzene rings is 2. The Morgan fingerprint density at radius 1 is 0.729 bits per heavy atom. The molecule has 3 aliphatic rings. The number of esters is 4. The molecule has 0 unspecified atom stereocenters. The lowest BCUT2D eigenvalue weighted by Crippen LogP contribution is -2.67. The maximum Gasteiger partial charge on any atom is 0.407 e. The molecule has 6 atom stereocenters. The van der Waals surface area contributed by atoms with Gasteiger partial charge in [-0.2, -0.15) is 0 Å². The van der Waals surface area contributed by atoms with Gasteiger partial charge in [0.05, 0.1) is 6.42 Å². The van der Waals surface area contributed by atoms with Crippen LogP contribution in [0.4, 0.5) is 4.79 Å². The Balaban J connectivity index is 1.34. The van der Waals surface area contributed by atoms with Crippen molar-refractivity contribution < 1.29 is 62.0 Å². The predicted octanol–water partition coefficient (Wildman–Crippen LogP) is 1.74. The molecule has 1 N–H and O–H groups in total. The minimum absolute atomic E-state index is 0.0435. The Kier molecular flexibility index (Phi) is 10.1. The summed E-state index contributed by atoms with van der Waals surface area (Å²) in [5, 5.41) is 2.42. The number of imide groups is 1. The second kappa shape index (κ2) is 14.2. The smallest absolute Gasteiger partial charge is 0.407 e. The molecule has 15 heteroatoms. The molecular weight excluding hydrogens is 632 g/mol. The predicted molar refractivity (Wildman–Crippen MR) is 160 cm³/mol. The number of carbonyl (C=O) groups is 7. The lowest BCUT2D eigenvalue weighted by molar-refractivity contribution is -0.272. The molecule has 0 radical (unpaired) electrons. The molecule has 0 bridgehead atoms. The van der Waals surface area contributed by atoms with Gasteiger partial charge in [-0.3, -0.25) is 28.8 Å². The molecule has 1 aliphatic carbocycles. The van der Waals surface area contributed by atoms with E-state index < -0.39 is 91.5 Å². The van der Waals surface area contributed by atoms with Crippen molar-refractivity contribution in [3.8, 4) is 11.1 Å². The molecule has 15 nitrogen and oxygen atoms in total. The van der Waals surface area contributed by atoms with Gasteiger partial charge in [-0.15, -0.1) is 0 Å². The zero-order valence-electron chi connectivity index (χ0n) is 26.5. The number of fused-ring (bicyclic) bond motifs is 3. The number of nitrogens with one attached hydrogen (secondary N) is 1. The summed E-state index contributed by atoms with van der Waals surface area (Å²) in [7, 11) is 0. The average Bonchev–Trinajstić information content (AvgIpc) is 3.48. The molecule has 3 amide bonds. The van der Waals surface area contributed by atoms with Crippen molar-refractivity contribution in [3.05, 3.63) is 59.7 Å². The molecule has 254 valence electrons. The fraction of sp³-hybridized carbons (Fsp3) is 0.424. The summed E-state index contributed by atoms with van der Waals surface area (Å²) in [6, 6.07) is 14.1. The number of rotatable bonds is 9. The molecule has 5 rings (SSSR count). The van der Waals surface area contributed by atoms with Crippen LogP contribution in [0, 0.1) is 0 Å². The normalized spacial score (nSPS) is 24.6. The number of alkyl carbamates (subject to hydrolysis) is 1. The molecule has 2 heterocycles. The number of ether oxygens (including phenoxy) is 6. The third-order valence-electron chi connectivity index (χ3n) is 8.04. The summed E-state index contributed by atoms with van der Waals surface area (Å²) in [4.78, 5) is 88.5. The molecule has 48 heavy (non-hydrogen) atoms. The van der Waals surface area contributed by atoms with Gasteiger partial charge >= 0.3 is 30.0 Å². The Bertz CT molecular complexity index is 1600. The van der Waals surface area contributed by atoms with Gasteiger partial charge in [0.2, 0.25) is 5.91 Å². The average molecular weight is 667 g/mol. The monoisotopic (exact) mass is 666 g/mol. The number of carbonyl (C=O) groups excluding carboxylic acids is 7. The van der Waals surface area contributed by atoms with E-state index in [0.717, 1.165) is 49.9 Å². The number of hydrogen-bond donors (Lipinski definition) is 1. The summed E-state index contributed by atoms with van der Waals surface area (Å²) in [5.41, 5.74) is 4.01. The first-order chi connectivity index (χ1) is 22.8. The standard InChI is InChI=1S/C33H34N2O13/c1-16(36)43-15-26-28(45-17(2)37)29(46-18(3)38)30(47-19(4)39)32(48-26)35-27(40)13-25(31(35)41)34-33(42)44-14-24-22-11-7-5-9-20(22)21-10-6-8-12-23(21)24/h5-12,24-26,28-30,32H,13-15H2,1-4H3,(H,34,42)/t25-,26+,28+,29-,30+,32-/m0/s1. The summed E-state index contributed by atoms with van der Waals surface area (Å²) in [6.45, 7) is 3.65. The zero-order chi connectivity index (χ0) is 34.7. The molecular formula is C33H34N2O13. The quantitative estimate of drug-likeness (QED) is 0.232. The number of nitrogens with zero attached hydrogens (tertiary/aromatic N) is 1. The second-order valence-corrected chi connectivity index (χ2v) is 11.4. The number of amides is 3. The fourth-order valence-corrected chi connectivity index (χ4v) is 6.23. The van der Waals surface area contributed by atoms with E-state index in [1.54, 1.807) is 0 Å². The van der Waals surface area contributed by atoms with Crippen molar-refractivity contribution >= 4 is 41.8 Å². The van der Waals surface area contributed by atoms with Crippen LogP contribution in [0.3, 0.4) is 0 Å². The highest BCUT2D eigenvalue weighted by Crippen LogP contribution is 2.44. The molecule has 2 fully saturated rings. The molecule has 0 aromatic heterocycles. The van der Waals surface area contributed by atoms with Gasteiger partial charge in [0.25, 0.3) is 5.91 Å². The Labute approximate surface area is 274 Å². The van der Waals surface area contributed by atoms with Crippen molar-refractivity contribution in [1.29, 1.82) is 0 Å². The van der Waals surface area contributed by atoms with Crippen LogP contribution in [0.1, 0.15) is 51.2 Å². The van der Waals surface area contributed by atoms with Gasteiger partial charge in [-0.05, 0) is 22.3 Å². The third kappa shape index (κ3) is 7.15. The first kappa shape index (κ1) is 34.0. The molecule has 2 aromatic carbocycles. The van der Waals surface area contributed by atoms with Crippen LogP contribution in [-0.4, -0.2) is 96.6 Å². The van der Waals surface area contributed by atoms with Gasteiger partial charge in [0.15, 0.2) is 24.5 Å². The van der Waals surface area contributed by atoms with Crippen LogP contribution < -0.4 is 5.32 Å². The summed E-state index contributed by atoms with van der Waals surface area (Å²) in [6.07, 6.45) is -9.32. The van der Waals surface area contributed by atoms with Crippen LogP contribution in [-0.2, 0) is 57.2 Å². The number of likely N-dealkylation sites (tertiary alicyclic amines) is 1. The van der Waals surface area contributed by atoms with E-state index in [-0.39, 0.29) is 12.5 Å². The van der Waals surface area contributed by atoms with Gasteiger partial charge < -0.3 is 33.7 Å². The Morgan fingerprint density at radius 3 is 1.83 bits per heavy atom. The van der Waals surface area contributed by atoms with Gasteiger partial charge in [0, 0.05) is 33.6 Å². The highest BCUT2D eigenvalue weighted by molar-refractivity contribution is 6.07. The highest BCUT2D eigenvalue weighted by atomic mass is 16.7. The highest BCUT2D eigenvalue weighted by Gasteiger charge is 2.58. The topological polar surface area (TPSA) is 190 Å². The summed E-state index contributed by atoms with van der Waals surface area (Å²) < 4.78 is 32.6. The molecule has 2 aromatic rings. The van der Waals surface area contributed by atoms with Crippen molar-refractivity contribution in [3.63, 3.8) is 0 Å². The number of hydrogen-bond acceptors (Lipinski definition) is 13. The van der Waals surface area contributed by atoms with Crippen LogP contribution >= 0.6 is 0 Å². The van der Waals surface area contributed by atoms with Gasteiger partial charge in [0.1, 0.15) is 25.4 Å². The van der Waals surface area contributed by atoms with Crippen LogP contribution in [0.25, 0.3) is 11.1 Å². The minimum Gasteiger partial charge on any atom is -0.463 e. The maximum atomic E-state index is 13.7. The summed E-state index contributed by atoms with van der Waals surface area (Å²) in [5.74, 6) is -5.37. The van der Waals surface area contributed by atoms with Gasteiger partial charge in [-0.1, -0.05) is 48.5 Å². The largest absolute Gasteiger partial charge is 0.463 e. The van der Waals surface area contributed by atoms with E-state index in [1.165, 1.54) is 0 Å². The van der Waals surface area contributed by atoms with Crippen LogP contribution in [0.15, 0.2) is 48.5 Å². The fourth-order valence-electron chi connectivity index (χ4n) is 6.23. The lowest BCUT2D eigenvalue weighted by atomic mass is 9.96. The van der Waals surface area contributed by atoms with Crippen molar-refractivity contribution in [2.75, 3.05) is 13.2 Å². The van der Waals surface area contributed by atoms with Crippen LogP contribution in [0.2, 0.25) is 0 Å².